The largest absolute Gasteiger partial charge is 0.493 e. The lowest BCUT2D eigenvalue weighted by atomic mass is 9.96. The Morgan fingerprint density at radius 3 is 2.57 bits per heavy atom. The van der Waals surface area contributed by atoms with Crippen molar-refractivity contribution in [3.8, 4) is 11.5 Å². The Morgan fingerprint density at radius 2 is 2.00 bits per heavy atom. The third kappa shape index (κ3) is 3.73. The van der Waals surface area contributed by atoms with Gasteiger partial charge in [0, 0.05) is 5.41 Å². The maximum atomic E-state index is 6.20. The van der Waals surface area contributed by atoms with Gasteiger partial charge >= 0.3 is 0 Å². The summed E-state index contributed by atoms with van der Waals surface area (Å²) < 4.78 is 12.5. The van der Waals surface area contributed by atoms with Crippen molar-refractivity contribution in [3.63, 3.8) is 0 Å². The molecular formula is C15H19ClN4O2S. The lowest BCUT2D eigenvalue weighted by molar-refractivity contribution is 0.355. The molecule has 1 aromatic heterocycles. The molecule has 0 aliphatic carbocycles. The molecule has 0 saturated carbocycles. The van der Waals surface area contributed by atoms with Crippen LogP contribution in [0.25, 0.3) is 0 Å². The van der Waals surface area contributed by atoms with Crippen LogP contribution < -0.4 is 9.47 Å². The summed E-state index contributed by atoms with van der Waals surface area (Å²) in [7, 11) is 3.09. The van der Waals surface area contributed by atoms with Gasteiger partial charge in [0.05, 0.1) is 25.5 Å². The summed E-state index contributed by atoms with van der Waals surface area (Å²) in [5.41, 5.74) is 0.566. The Labute approximate surface area is 145 Å². The Bertz CT molecular complexity index is 790. The third-order valence-electron chi connectivity index (χ3n) is 3.10. The van der Waals surface area contributed by atoms with Crippen molar-refractivity contribution in [1.82, 2.24) is 14.9 Å². The molecule has 23 heavy (non-hydrogen) atoms. The summed E-state index contributed by atoms with van der Waals surface area (Å²) in [6.07, 6.45) is 1.65. The van der Waals surface area contributed by atoms with Crippen molar-refractivity contribution in [2.24, 2.45) is 5.10 Å². The first-order valence-electron chi connectivity index (χ1n) is 6.91. The number of hydrogen-bond acceptors (Lipinski definition) is 5. The van der Waals surface area contributed by atoms with E-state index in [1.165, 1.54) is 7.11 Å². The second-order valence-electron chi connectivity index (χ2n) is 5.90. The summed E-state index contributed by atoms with van der Waals surface area (Å²) in [6.45, 7) is 6.12. The molecule has 0 fully saturated rings. The van der Waals surface area contributed by atoms with Gasteiger partial charge in [-0.15, -0.1) is 0 Å². The minimum atomic E-state index is -0.194. The van der Waals surface area contributed by atoms with Crippen molar-refractivity contribution in [2.75, 3.05) is 14.2 Å². The number of nitrogens with zero attached hydrogens (tertiary/aromatic N) is 3. The molecule has 2 rings (SSSR count). The van der Waals surface area contributed by atoms with E-state index in [1.54, 1.807) is 30.1 Å². The van der Waals surface area contributed by atoms with Crippen LogP contribution in [0.4, 0.5) is 0 Å². The lowest BCUT2D eigenvalue weighted by Gasteiger charge is -2.15. The maximum absolute atomic E-state index is 6.20. The number of benzene rings is 1. The van der Waals surface area contributed by atoms with Gasteiger partial charge in [0.2, 0.25) is 4.77 Å². The van der Waals surface area contributed by atoms with E-state index < -0.39 is 0 Å². The van der Waals surface area contributed by atoms with Crippen LogP contribution >= 0.6 is 23.8 Å². The molecular weight excluding hydrogens is 336 g/mol. The molecule has 1 N–H and O–H groups in total. The van der Waals surface area contributed by atoms with Gasteiger partial charge in [-0.25, -0.2) is 0 Å². The highest BCUT2D eigenvalue weighted by Crippen LogP contribution is 2.35. The summed E-state index contributed by atoms with van der Waals surface area (Å²) in [5, 5.41) is 11.9. The molecule has 0 aliphatic heterocycles. The zero-order chi connectivity index (χ0) is 17.2. The number of aromatic nitrogens is 3. The summed E-state index contributed by atoms with van der Waals surface area (Å²) in [4.78, 5) is 0. The SMILES string of the molecule is COc1cc(/C=N\n2c(C(C)(C)C)n[nH]c2=S)cc(Cl)c1OC. The average Bonchev–Trinajstić information content (AvgIpc) is 2.85. The number of ether oxygens (including phenoxy) is 2. The molecule has 0 unspecified atom stereocenters. The zero-order valence-corrected chi connectivity index (χ0v) is 15.2. The van der Waals surface area contributed by atoms with Gasteiger partial charge in [-0.1, -0.05) is 32.4 Å². The molecule has 8 heteroatoms. The molecule has 2 aromatic rings. The van der Waals surface area contributed by atoms with E-state index in [2.05, 4.69) is 15.3 Å². The molecule has 0 radical (unpaired) electrons. The van der Waals surface area contributed by atoms with Gasteiger partial charge in [0.15, 0.2) is 17.3 Å². The van der Waals surface area contributed by atoms with E-state index in [0.29, 0.717) is 21.3 Å². The summed E-state index contributed by atoms with van der Waals surface area (Å²) in [6, 6.07) is 3.53. The minimum absolute atomic E-state index is 0.194. The average molecular weight is 355 g/mol. The first-order valence-corrected chi connectivity index (χ1v) is 7.70. The summed E-state index contributed by atoms with van der Waals surface area (Å²) >= 11 is 11.4. The van der Waals surface area contributed by atoms with Crippen LogP contribution in [0.1, 0.15) is 32.2 Å². The summed E-state index contributed by atoms with van der Waals surface area (Å²) in [5.74, 6) is 1.76. The van der Waals surface area contributed by atoms with Crippen molar-refractivity contribution in [1.29, 1.82) is 0 Å². The fourth-order valence-corrected chi connectivity index (χ4v) is 2.50. The van der Waals surface area contributed by atoms with Gasteiger partial charge in [-0.2, -0.15) is 14.9 Å². The Kier molecular flexibility index (Phi) is 5.11. The van der Waals surface area contributed by atoms with E-state index in [9.17, 15) is 0 Å². The van der Waals surface area contributed by atoms with Crippen LogP contribution in [0, 0.1) is 4.77 Å². The second kappa shape index (κ2) is 6.72. The molecule has 1 aromatic carbocycles. The van der Waals surface area contributed by atoms with E-state index >= 15 is 0 Å². The molecule has 0 saturated heterocycles. The van der Waals surface area contributed by atoms with Crippen LogP contribution in [0.5, 0.6) is 11.5 Å². The molecule has 6 nitrogen and oxygen atoms in total. The molecule has 0 bridgehead atoms. The lowest BCUT2D eigenvalue weighted by Crippen LogP contribution is -2.17. The highest BCUT2D eigenvalue weighted by molar-refractivity contribution is 7.71. The van der Waals surface area contributed by atoms with Crippen molar-refractivity contribution in [2.45, 2.75) is 26.2 Å². The maximum Gasteiger partial charge on any atom is 0.216 e. The number of nitrogens with one attached hydrogen (secondary N) is 1. The van der Waals surface area contributed by atoms with Crippen molar-refractivity contribution < 1.29 is 9.47 Å². The smallest absolute Gasteiger partial charge is 0.216 e. The topological polar surface area (TPSA) is 64.4 Å². The molecule has 0 aliphatic rings. The van der Waals surface area contributed by atoms with Gasteiger partial charge in [0.25, 0.3) is 0 Å². The fraction of sp³-hybridized carbons (Fsp3) is 0.400. The fourth-order valence-electron chi connectivity index (χ4n) is 2.02. The first-order chi connectivity index (χ1) is 10.8. The van der Waals surface area contributed by atoms with Gasteiger partial charge in [-0.3, -0.25) is 5.10 Å². The number of hydrogen-bond donors (Lipinski definition) is 1. The van der Waals surface area contributed by atoms with Crippen LogP contribution in [0.3, 0.4) is 0 Å². The first kappa shape index (κ1) is 17.5. The number of methoxy groups -OCH3 is 2. The third-order valence-corrected chi connectivity index (χ3v) is 3.64. The van der Waals surface area contributed by atoms with E-state index in [0.717, 1.165) is 11.4 Å². The van der Waals surface area contributed by atoms with Gasteiger partial charge in [-0.05, 0) is 29.9 Å². The van der Waals surface area contributed by atoms with Crippen LogP contribution in [0.2, 0.25) is 5.02 Å². The van der Waals surface area contributed by atoms with E-state index in [4.69, 9.17) is 33.3 Å². The predicted molar refractivity (Wildman–Crippen MR) is 93.7 cm³/mol. The number of H-pyrrole nitrogens is 1. The van der Waals surface area contributed by atoms with Gasteiger partial charge in [0.1, 0.15) is 0 Å². The van der Waals surface area contributed by atoms with Crippen LogP contribution in [0.15, 0.2) is 17.2 Å². The monoisotopic (exact) mass is 354 g/mol. The number of halogens is 1. The van der Waals surface area contributed by atoms with E-state index in [1.807, 2.05) is 20.8 Å². The molecule has 0 spiro atoms. The molecule has 0 amide bonds. The van der Waals surface area contributed by atoms with Crippen LogP contribution in [-0.4, -0.2) is 35.3 Å². The quantitative estimate of drug-likeness (QED) is 0.670. The Morgan fingerprint density at radius 1 is 1.30 bits per heavy atom. The standard InChI is InChI=1S/C15H19ClN4O2S/c1-15(2,3)13-18-19-14(23)20(13)17-8-9-6-10(16)12(22-5)11(7-9)21-4/h6-8H,1-5H3,(H,19,23)/b17-8-. The van der Waals surface area contributed by atoms with E-state index in [-0.39, 0.29) is 5.41 Å². The predicted octanol–water partition coefficient (Wildman–Crippen LogP) is 3.79. The molecule has 1 heterocycles. The normalized spacial score (nSPS) is 11.9. The van der Waals surface area contributed by atoms with Crippen molar-refractivity contribution in [3.05, 3.63) is 33.3 Å². The molecule has 0 atom stereocenters. The van der Waals surface area contributed by atoms with Gasteiger partial charge < -0.3 is 9.47 Å². The highest BCUT2D eigenvalue weighted by atomic mass is 35.5. The number of aromatic amines is 1. The van der Waals surface area contributed by atoms with Crippen molar-refractivity contribution >= 4 is 30.0 Å². The Hall–Kier alpha value is -1.86. The Balaban J connectivity index is 2.44. The zero-order valence-electron chi connectivity index (χ0n) is 13.7. The highest BCUT2D eigenvalue weighted by Gasteiger charge is 2.21. The second-order valence-corrected chi connectivity index (χ2v) is 6.69. The molecule has 124 valence electrons. The number of rotatable bonds is 4. The van der Waals surface area contributed by atoms with Crippen LogP contribution in [-0.2, 0) is 5.41 Å². The minimum Gasteiger partial charge on any atom is -0.493 e.